The lowest BCUT2D eigenvalue weighted by atomic mass is 10.2. The van der Waals surface area contributed by atoms with Crippen molar-refractivity contribution in [1.29, 1.82) is 0 Å². The molecule has 0 radical (unpaired) electrons. The van der Waals surface area contributed by atoms with E-state index in [1.807, 2.05) is 0 Å². The minimum absolute atomic E-state index is 0.347. The lowest BCUT2D eigenvalue weighted by Crippen LogP contribution is -1.99. The minimum Gasteiger partial charge on any atom is -0.463 e. The summed E-state index contributed by atoms with van der Waals surface area (Å²) in [5, 5.41) is 1.05. The summed E-state index contributed by atoms with van der Waals surface area (Å²) in [5.74, 6) is 5.32. The van der Waals surface area contributed by atoms with Gasteiger partial charge >= 0.3 is 5.97 Å². The van der Waals surface area contributed by atoms with Crippen LogP contribution in [-0.4, -0.2) is 12.6 Å². The summed E-state index contributed by atoms with van der Waals surface area (Å²) >= 11 is 11.7. The molecule has 0 aliphatic rings. The highest BCUT2D eigenvalue weighted by molar-refractivity contribution is 6.34. The van der Waals surface area contributed by atoms with Crippen molar-refractivity contribution in [2.75, 3.05) is 6.61 Å². The summed E-state index contributed by atoms with van der Waals surface area (Å²) in [5.41, 5.74) is 1.31. The molecule has 4 heteroatoms. The lowest BCUT2D eigenvalue weighted by molar-refractivity contribution is -0.137. The maximum Gasteiger partial charge on any atom is 0.331 e. The van der Waals surface area contributed by atoms with Crippen molar-refractivity contribution in [2.24, 2.45) is 0 Å². The number of allylic oxidation sites excluding steroid dienone is 1. The lowest BCUT2D eigenvalue weighted by Gasteiger charge is -1.96. The zero-order valence-corrected chi connectivity index (χ0v) is 11.6. The molecule has 0 bridgehead atoms. The Bertz CT molecular complexity index is 516. The van der Waals surface area contributed by atoms with Gasteiger partial charge in [-0.25, -0.2) is 4.79 Å². The quantitative estimate of drug-likeness (QED) is 0.468. The van der Waals surface area contributed by atoms with E-state index in [9.17, 15) is 4.79 Å². The molecule has 0 saturated heterocycles. The number of halogens is 2. The molecule has 0 atom stereocenters. The molecule has 0 fully saturated rings. The third kappa shape index (κ3) is 5.27. The van der Waals surface area contributed by atoms with Crippen molar-refractivity contribution in [3.05, 3.63) is 45.5 Å². The highest BCUT2D eigenvalue weighted by atomic mass is 35.5. The fourth-order valence-corrected chi connectivity index (χ4v) is 1.72. The van der Waals surface area contributed by atoms with Crippen LogP contribution in [-0.2, 0) is 9.53 Å². The van der Waals surface area contributed by atoms with Crippen LogP contribution in [0.5, 0.6) is 0 Å². The molecule has 1 aromatic carbocycles. The number of rotatable bonds is 2. The zero-order chi connectivity index (χ0) is 13.5. The predicted molar refractivity (Wildman–Crippen MR) is 73.7 cm³/mol. The molecule has 0 aliphatic carbocycles. The van der Waals surface area contributed by atoms with E-state index in [2.05, 4.69) is 11.8 Å². The Balaban J connectivity index is 2.84. The van der Waals surface area contributed by atoms with Gasteiger partial charge in [0.1, 0.15) is 0 Å². The van der Waals surface area contributed by atoms with E-state index in [0.29, 0.717) is 27.8 Å². The molecule has 0 aliphatic heterocycles. The molecule has 18 heavy (non-hydrogen) atoms. The van der Waals surface area contributed by atoms with E-state index in [1.54, 1.807) is 32.0 Å². The highest BCUT2D eigenvalue weighted by Gasteiger charge is 1.97. The predicted octanol–water partition coefficient (Wildman–Crippen LogP) is 3.85. The van der Waals surface area contributed by atoms with E-state index in [1.165, 1.54) is 6.08 Å². The molecular weight excluding hydrogens is 271 g/mol. The fraction of sp³-hybridized carbons (Fsp3) is 0.214. The molecular formula is C14H12Cl2O2. The number of esters is 1. The second kappa shape index (κ2) is 7.10. The Labute approximate surface area is 117 Å². The second-order valence-corrected chi connectivity index (χ2v) is 4.36. The molecule has 0 saturated carbocycles. The summed E-state index contributed by atoms with van der Waals surface area (Å²) in [4.78, 5) is 11.2. The van der Waals surface area contributed by atoms with Gasteiger partial charge in [0.05, 0.1) is 6.61 Å². The van der Waals surface area contributed by atoms with Gasteiger partial charge in [0.15, 0.2) is 0 Å². The van der Waals surface area contributed by atoms with Crippen molar-refractivity contribution in [1.82, 2.24) is 0 Å². The molecule has 0 N–H and O–H groups in total. The van der Waals surface area contributed by atoms with Crippen LogP contribution in [0.4, 0.5) is 0 Å². The van der Waals surface area contributed by atoms with E-state index in [4.69, 9.17) is 27.9 Å². The molecule has 1 rings (SSSR count). The standard InChI is InChI=1S/C14H12Cl2O2/c1-3-18-14(17)6-10(2)4-5-11-7-12(15)9-13(16)8-11/h6-9H,3H2,1-2H3/b10-6-. The largest absolute Gasteiger partial charge is 0.463 e. The third-order valence-corrected chi connectivity index (χ3v) is 2.32. The summed E-state index contributed by atoms with van der Waals surface area (Å²) in [6.07, 6.45) is 1.35. The van der Waals surface area contributed by atoms with Gasteiger partial charge in [0.25, 0.3) is 0 Å². The van der Waals surface area contributed by atoms with Gasteiger partial charge in [-0.15, -0.1) is 0 Å². The van der Waals surface area contributed by atoms with Gasteiger partial charge in [0, 0.05) is 27.3 Å². The average Bonchev–Trinajstić information content (AvgIpc) is 2.25. The molecule has 0 unspecified atom stereocenters. The van der Waals surface area contributed by atoms with Crippen LogP contribution in [0, 0.1) is 11.8 Å². The number of benzene rings is 1. The Morgan fingerprint density at radius 2 is 1.94 bits per heavy atom. The van der Waals surface area contributed by atoms with E-state index < -0.39 is 5.97 Å². The van der Waals surface area contributed by atoms with Crippen LogP contribution in [0.15, 0.2) is 29.8 Å². The number of carbonyl (C=O) groups is 1. The number of hydrogen-bond acceptors (Lipinski definition) is 2. The Hall–Kier alpha value is -1.43. The first-order valence-corrected chi connectivity index (χ1v) is 6.10. The summed E-state index contributed by atoms with van der Waals surface area (Å²) < 4.78 is 4.78. The van der Waals surface area contributed by atoms with E-state index in [0.717, 1.165) is 0 Å². The third-order valence-electron chi connectivity index (χ3n) is 1.89. The minimum atomic E-state index is -0.395. The first-order chi connectivity index (χ1) is 8.51. The molecule has 0 amide bonds. The maximum atomic E-state index is 11.2. The first-order valence-electron chi connectivity index (χ1n) is 5.34. The van der Waals surface area contributed by atoms with Crippen molar-refractivity contribution >= 4 is 29.2 Å². The highest BCUT2D eigenvalue weighted by Crippen LogP contribution is 2.18. The topological polar surface area (TPSA) is 26.3 Å². The summed E-state index contributed by atoms with van der Waals surface area (Å²) in [6, 6.07) is 5.05. The summed E-state index contributed by atoms with van der Waals surface area (Å²) in [6.45, 7) is 3.83. The van der Waals surface area contributed by atoms with Crippen LogP contribution < -0.4 is 0 Å². The number of carbonyl (C=O) groups excluding carboxylic acids is 1. The average molecular weight is 283 g/mol. The van der Waals surface area contributed by atoms with Crippen molar-refractivity contribution in [3.63, 3.8) is 0 Å². The molecule has 0 spiro atoms. The van der Waals surface area contributed by atoms with Gasteiger partial charge in [-0.3, -0.25) is 0 Å². The fourth-order valence-electron chi connectivity index (χ4n) is 1.19. The normalized spacial score (nSPS) is 10.6. The zero-order valence-electron chi connectivity index (χ0n) is 10.1. The van der Waals surface area contributed by atoms with Gasteiger partial charge in [-0.1, -0.05) is 35.0 Å². The molecule has 2 nitrogen and oxygen atoms in total. The molecule has 0 heterocycles. The molecule has 0 aromatic heterocycles. The van der Waals surface area contributed by atoms with Gasteiger partial charge in [-0.05, 0) is 32.0 Å². The monoisotopic (exact) mass is 282 g/mol. The van der Waals surface area contributed by atoms with E-state index in [-0.39, 0.29) is 0 Å². The van der Waals surface area contributed by atoms with Crippen LogP contribution in [0.2, 0.25) is 10.0 Å². The first kappa shape index (κ1) is 14.6. The molecule has 1 aromatic rings. The van der Waals surface area contributed by atoms with Crippen LogP contribution in [0.3, 0.4) is 0 Å². The number of hydrogen-bond donors (Lipinski definition) is 0. The van der Waals surface area contributed by atoms with Crippen molar-refractivity contribution in [3.8, 4) is 11.8 Å². The van der Waals surface area contributed by atoms with Crippen LogP contribution in [0.25, 0.3) is 0 Å². The Kier molecular flexibility index (Phi) is 5.77. The van der Waals surface area contributed by atoms with Crippen molar-refractivity contribution < 1.29 is 9.53 Å². The smallest absolute Gasteiger partial charge is 0.331 e. The van der Waals surface area contributed by atoms with Gasteiger partial charge < -0.3 is 4.74 Å². The van der Waals surface area contributed by atoms with Crippen molar-refractivity contribution in [2.45, 2.75) is 13.8 Å². The van der Waals surface area contributed by atoms with Crippen LogP contribution >= 0.6 is 23.2 Å². The number of ether oxygens (including phenoxy) is 1. The van der Waals surface area contributed by atoms with Crippen LogP contribution in [0.1, 0.15) is 19.4 Å². The molecule has 94 valence electrons. The Morgan fingerprint density at radius 1 is 1.33 bits per heavy atom. The second-order valence-electron chi connectivity index (χ2n) is 3.49. The maximum absolute atomic E-state index is 11.2. The summed E-state index contributed by atoms with van der Waals surface area (Å²) in [7, 11) is 0. The van der Waals surface area contributed by atoms with Gasteiger partial charge in [-0.2, -0.15) is 0 Å². The van der Waals surface area contributed by atoms with Gasteiger partial charge in [0.2, 0.25) is 0 Å². The SMILES string of the molecule is CCOC(=O)/C=C(/C)C#Cc1cc(Cl)cc(Cl)c1. The Morgan fingerprint density at radius 3 is 2.50 bits per heavy atom. The van der Waals surface area contributed by atoms with E-state index >= 15 is 0 Å².